The van der Waals surface area contributed by atoms with Crippen LogP contribution in [0, 0.1) is 0 Å². The number of hydrogen-bond donors (Lipinski definition) is 0. The minimum atomic E-state index is 0.702. The van der Waals surface area contributed by atoms with Crippen molar-refractivity contribution in [2.75, 3.05) is 14.2 Å². The summed E-state index contributed by atoms with van der Waals surface area (Å²) in [6.45, 7) is 0. The second kappa shape index (κ2) is 7.94. The van der Waals surface area contributed by atoms with Gasteiger partial charge in [-0.15, -0.1) is 11.3 Å². The molecule has 0 amide bonds. The molecule has 2 aromatic carbocycles. The minimum Gasteiger partial charge on any atom is -0.493 e. The average Bonchev–Trinajstić information content (AvgIpc) is 3.20. The van der Waals surface area contributed by atoms with Gasteiger partial charge in [0.1, 0.15) is 16.4 Å². The number of fused-ring (bicyclic) bond motifs is 1. The van der Waals surface area contributed by atoms with Crippen molar-refractivity contribution in [1.82, 2.24) is 15.0 Å². The van der Waals surface area contributed by atoms with Gasteiger partial charge < -0.3 is 9.47 Å². The van der Waals surface area contributed by atoms with Gasteiger partial charge in [0.05, 0.1) is 31.0 Å². The van der Waals surface area contributed by atoms with E-state index >= 15 is 0 Å². The molecule has 0 radical (unpaired) electrons. The molecule has 0 spiro atoms. The number of para-hydroxylation sites is 2. The van der Waals surface area contributed by atoms with Crippen LogP contribution < -0.4 is 9.47 Å². The van der Waals surface area contributed by atoms with Gasteiger partial charge in [-0.2, -0.15) is 0 Å². The third-order valence-corrected chi connectivity index (χ3v) is 6.01. The van der Waals surface area contributed by atoms with Crippen LogP contribution in [0.1, 0.15) is 5.69 Å². The number of hydrogen-bond acceptors (Lipinski definition) is 7. The standard InChI is InChI=1S/C20H17N3O2S2/c1-24-17-9-5-7-15(18(17)25-2)20-23-13(11-27-20)10-26-19-14-6-3-4-8-16(14)21-12-22-19/h3-9,11-12H,10H2,1-2H3. The fraction of sp³-hybridized carbons (Fsp3) is 0.150. The average molecular weight is 396 g/mol. The first-order valence-corrected chi connectivity index (χ1v) is 10.1. The molecule has 0 N–H and O–H groups in total. The van der Waals surface area contributed by atoms with Crippen molar-refractivity contribution in [2.24, 2.45) is 0 Å². The minimum absolute atomic E-state index is 0.702. The van der Waals surface area contributed by atoms with Crippen LogP contribution >= 0.6 is 23.1 Å². The van der Waals surface area contributed by atoms with Crippen molar-refractivity contribution >= 4 is 34.0 Å². The van der Waals surface area contributed by atoms with Gasteiger partial charge in [-0.3, -0.25) is 0 Å². The van der Waals surface area contributed by atoms with Gasteiger partial charge in [-0.25, -0.2) is 15.0 Å². The number of thiazole rings is 1. The molecule has 0 bridgehead atoms. The van der Waals surface area contributed by atoms with E-state index in [1.165, 1.54) is 0 Å². The maximum atomic E-state index is 5.53. The number of methoxy groups -OCH3 is 2. The largest absolute Gasteiger partial charge is 0.493 e. The van der Waals surface area contributed by atoms with Crippen molar-refractivity contribution in [1.29, 1.82) is 0 Å². The lowest BCUT2D eigenvalue weighted by Gasteiger charge is -2.10. The molecule has 7 heteroatoms. The summed E-state index contributed by atoms with van der Waals surface area (Å²) in [6, 6.07) is 13.9. The second-order valence-electron chi connectivity index (χ2n) is 5.67. The highest BCUT2D eigenvalue weighted by Crippen LogP contribution is 2.39. The van der Waals surface area contributed by atoms with E-state index in [1.54, 1.807) is 43.6 Å². The van der Waals surface area contributed by atoms with Crippen LogP contribution in [-0.2, 0) is 5.75 Å². The lowest BCUT2D eigenvalue weighted by Crippen LogP contribution is -1.93. The first-order chi connectivity index (χ1) is 13.3. The summed E-state index contributed by atoms with van der Waals surface area (Å²) in [5, 5.41) is 5.02. The zero-order valence-electron chi connectivity index (χ0n) is 14.9. The first kappa shape index (κ1) is 17.8. The van der Waals surface area contributed by atoms with Gasteiger partial charge >= 0.3 is 0 Å². The Bertz CT molecular complexity index is 1080. The molecule has 0 aliphatic rings. The molecule has 4 aromatic rings. The fourth-order valence-electron chi connectivity index (χ4n) is 2.79. The molecule has 0 atom stereocenters. The van der Waals surface area contributed by atoms with Crippen molar-refractivity contribution < 1.29 is 9.47 Å². The van der Waals surface area contributed by atoms with Gasteiger partial charge in [0.2, 0.25) is 0 Å². The molecule has 0 aliphatic heterocycles. The molecular formula is C20H17N3O2S2. The lowest BCUT2D eigenvalue weighted by molar-refractivity contribution is 0.356. The van der Waals surface area contributed by atoms with Crippen LogP contribution in [0.3, 0.4) is 0 Å². The summed E-state index contributed by atoms with van der Waals surface area (Å²) in [7, 11) is 3.28. The number of rotatable bonds is 6. The normalized spacial score (nSPS) is 10.9. The Morgan fingerprint density at radius 2 is 1.89 bits per heavy atom. The Hall–Kier alpha value is -2.64. The smallest absolute Gasteiger partial charge is 0.170 e. The Balaban J connectivity index is 1.57. The van der Waals surface area contributed by atoms with E-state index in [4.69, 9.17) is 14.5 Å². The highest BCUT2D eigenvalue weighted by atomic mass is 32.2. The predicted molar refractivity (Wildman–Crippen MR) is 110 cm³/mol. The molecule has 27 heavy (non-hydrogen) atoms. The van der Waals surface area contributed by atoms with Gasteiger partial charge in [0.15, 0.2) is 11.5 Å². The number of nitrogens with zero attached hydrogens (tertiary/aromatic N) is 3. The highest BCUT2D eigenvalue weighted by molar-refractivity contribution is 7.98. The van der Waals surface area contributed by atoms with E-state index in [-0.39, 0.29) is 0 Å². The van der Waals surface area contributed by atoms with Crippen LogP contribution in [0.2, 0.25) is 0 Å². The fourth-order valence-corrected chi connectivity index (χ4v) is 4.62. The molecule has 0 unspecified atom stereocenters. The summed E-state index contributed by atoms with van der Waals surface area (Å²) >= 11 is 3.26. The topological polar surface area (TPSA) is 57.1 Å². The van der Waals surface area contributed by atoms with E-state index in [2.05, 4.69) is 15.3 Å². The van der Waals surface area contributed by atoms with Crippen molar-refractivity contribution in [3.05, 3.63) is 59.9 Å². The predicted octanol–water partition coefficient (Wildman–Crippen LogP) is 5.06. The van der Waals surface area contributed by atoms with Crippen molar-refractivity contribution in [2.45, 2.75) is 10.8 Å². The van der Waals surface area contributed by atoms with Gasteiger partial charge in [0, 0.05) is 16.5 Å². The molecule has 0 fully saturated rings. The van der Waals surface area contributed by atoms with E-state index in [0.29, 0.717) is 11.5 Å². The molecule has 136 valence electrons. The maximum absolute atomic E-state index is 5.53. The van der Waals surface area contributed by atoms with Crippen LogP contribution in [0.5, 0.6) is 11.5 Å². The molecule has 0 saturated heterocycles. The summed E-state index contributed by atoms with van der Waals surface area (Å²) < 4.78 is 10.9. The van der Waals surface area contributed by atoms with Gasteiger partial charge in [0.25, 0.3) is 0 Å². The van der Waals surface area contributed by atoms with Gasteiger partial charge in [-0.1, -0.05) is 36.0 Å². The molecule has 4 rings (SSSR count). The SMILES string of the molecule is COc1cccc(-c2nc(CSc3ncnc4ccccc34)cs2)c1OC. The van der Waals surface area contributed by atoms with Crippen LogP contribution in [0.4, 0.5) is 0 Å². The maximum Gasteiger partial charge on any atom is 0.170 e. The first-order valence-electron chi connectivity index (χ1n) is 8.28. The summed E-state index contributed by atoms with van der Waals surface area (Å²) in [4.78, 5) is 13.5. The third-order valence-electron chi connectivity index (χ3n) is 4.05. The lowest BCUT2D eigenvalue weighted by atomic mass is 10.2. The number of aromatic nitrogens is 3. The number of ether oxygens (including phenoxy) is 2. The van der Waals surface area contributed by atoms with Crippen molar-refractivity contribution in [3.8, 4) is 22.1 Å². The molecule has 0 saturated carbocycles. The third kappa shape index (κ3) is 3.61. The van der Waals surface area contributed by atoms with Crippen LogP contribution in [0.25, 0.3) is 21.5 Å². The molecular weight excluding hydrogens is 378 g/mol. The van der Waals surface area contributed by atoms with Crippen LogP contribution in [-0.4, -0.2) is 29.2 Å². The molecule has 2 aromatic heterocycles. The monoisotopic (exact) mass is 395 g/mol. The molecule has 2 heterocycles. The Morgan fingerprint density at radius 1 is 1.00 bits per heavy atom. The molecule has 5 nitrogen and oxygen atoms in total. The van der Waals surface area contributed by atoms with E-state index in [1.807, 2.05) is 42.5 Å². The van der Waals surface area contributed by atoms with E-state index in [0.717, 1.165) is 37.9 Å². The Morgan fingerprint density at radius 3 is 2.74 bits per heavy atom. The number of thioether (sulfide) groups is 1. The second-order valence-corrected chi connectivity index (χ2v) is 7.49. The van der Waals surface area contributed by atoms with Crippen molar-refractivity contribution in [3.63, 3.8) is 0 Å². The van der Waals surface area contributed by atoms with Crippen LogP contribution in [0.15, 0.2) is 59.2 Å². The number of benzene rings is 2. The van der Waals surface area contributed by atoms with E-state index < -0.39 is 0 Å². The summed E-state index contributed by atoms with van der Waals surface area (Å²) in [5.41, 5.74) is 2.90. The summed E-state index contributed by atoms with van der Waals surface area (Å²) in [6.07, 6.45) is 1.61. The van der Waals surface area contributed by atoms with Gasteiger partial charge in [-0.05, 0) is 18.2 Å². The zero-order chi connectivity index (χ0) is 18.6. The Labute approximate surface area is 165 Å². The Kier molecular flexibility index (Phi) is 5.22. The molecule has 0 aliphatic carbocycles. The summed E-state index contributed by atoms with van der Waals surface area (Å²) in [5.74, 6) is 2.15. The quantitative estimate of drug-likeness (QED) is 0.336. The highest BCUT2D eigenvalue weighted by Gasteiger charge is 2.15. The van der Waals surface area contributed by atoms with E-state index in [9.17, 15) is 0 Å². The zero-order valence-corrected chi connectivity index (χ0v) is 16.5.